The molecule has 0 aromatic heterocycles. The minimum absolute atomic E-state index is 0.625. The molecule has 0 amide bonds. The molecule has 0 fully saturated rings. The van der Waals surface area contributed by atoms with Crippen molar-refractivity contribution in [3.8, 4) is 0 Å². The molecular weight excluding hydrogens is 291 g/mol. The van der Waals surface area contributed by atoms with Crippen molar-refractivity contribution in [1.82, 2.24) is 15.3 Å². The highest BCUT2D eigenvalue weighted by molar-refractivity contribution is 5.74. The van der Waals surface area contributed by atoms with Crippen LogP contribution < -0.4 is 5.32 Å². The van der Waals surface area contributed by atoms with Gasteiger partial charge in [0.05, 0.1) is 11.3 Å². The van der Waals surface area contributed by atoms with Gasteiger partial charge in [0.2, 0.25) is 0 Å². The highest BCUT2D eigenvalue weighted by atomic mass is 19.4. The van der Waals surface area contributed by atoms with Crippen LogP contribution in [0.25, 0.3) is 5.57 Å². The second kappa shape index (κ2) is 5.21. The highest BCUT2D eigenvalue weighted by Gasteiger charge is 2.31. The molecule has 0 saturated carbocycles. The summed E-state index contributed by atoms with van der Waals surface area (Å²) in [5.41, 5.74) is 3.13. The third-order valence-electron chi connectivity index (χ3n) is 3.85. The molecule has 1 aromatic rings. The van der Waals surface area contributed by atoms with Gasteiger partial charge in [-0.05, 0) is 29.8 Å². The van der Waals surface area contributed by atoms with Crippen molar-refractivity contribution >= 4 is 5.57 Å². The number of hydrogen-bond acceptors (Lipinski definition) is 3. The zero-order valence-corrected chi connectivity index (χ0v) is 12.3. The van der Waals surface area contributed by atoms with Crippen LogP contribution in [-0.2, 0) is 6.18 Å². The minimum Gasteiger partial charge on any atom is -0.388 e. The first-order chi connectivity index (χ1) is 10.4. The molecule has 0 bridgehead atoms. The third-order valence-corrected chi connectivity index (χ3v) is 3.85. The molecule has 2 aliphatic rings. The molecule has 0 saturated heterocycles. The fourth-order valence-corrected chi connectivity index (χ4v) is 2.66. The van der Waals surface area contributed by atoms with E-state index in [1.165, 1.54) is 12.1 Å². The standard InChI is InChI=1S/C16H16F3N3/c1-20-13-7-8-22-15(9-13)14(10-21(22)2)11-3-5-12(6-4-11)16(17,18)19/h3-9,20H,10H2,1-2H3. The monoisotopic (exact) mass is 307 g/mol. The molecule has 2 heterocycles. The second-order valence-corrected chi connectivity index (χ2v) is 5.26. The van der Waals surface area contributed by atoms with Gasteiger partial charge in [0, 0.05) is 38.1 Å². The zero-order chi connectivity index (χ0) is 15.9. The molecule has 0 atom stereocenters. The van der Waals surface area contributed by atoms with Gasteiger partial charge in [0.1, 0.15) is 0 Å². The second-order valence-electron chi connectivity index (χ2n) is 5.26. The van der Waals surface area contributed by atoms with Crippen LogP contribution in [0.1, 0.15) is 11.1 Å². The van der Waals surface area contributed by atoms with E-state index >= 15 is 0 Å². The number of hydrazine groups is 1. The van der Waals surface area contributed by atoms with Gasteiger partial charge >= 0.3 is 6.18 Å². The number of benzene rings is 1. The zero-order valence-electron chi connectivity index (χ0n) is 12.3. The predicted molar refractivity (Wildman–Crippen MR) is 79.1 cm³/mol. The molecule has 6 heteroatoms. The number of fused-ring (bicyclic) bond motifs is 1. The van der Waals surface area contributed by atoms with Gasteiger partial charge < -0.3 is 5.32 Å². The molecule has 0 unspecified atom stereocenters. The average Bonchev–Trinajstić information content (AvgIpc) is 2.83. The van der Waals surface area contributed by atoms with E-state index in [4.69, 9.17) is 0 Å². The maximum atomic E-state index is 12.7. The number of nitrogens with zero attached hydrogens (tertiary/aromatic N) is 2. The number of nitrogens with one attached hydrogen (secondary N) is 1. The van der Waals surface area contributed by atoms with Crippen LogP contribution in [0.3, 0.4) is 0 Å². The maximum Gasteiger partial charge on any atom is 0.416 e. The van der Waals surface area contributed by atoms with Gasteiger partial charge in [-0.1, -0.05) is 12.1 Å². The highest BCUT2D eigenvalue weighted by Crippen LogP contribution is 2.35. The number of halogens is 3. The lowest BCUT2D eigenvalue weighted by atomic mass is 10.0. The van der Waals surface area contributed by atoms with Crippen LogP contribution in [0.2, 0.25) is 0 Å². The quantitative estimate of drug-likeness (QED) is 0.905. The van der Waals surface area contributed by atoms with Crippen molar-refractivity contribution in [2.75, 3.05) is 20.6 Å². The Morgan fingerprint density at radius 1 is 1.14 bits per heavy atom. The van der Waals surface area contributed by atoms with E-state index in [1.807, 2.05) is 42.5 Å². The first-order valence-corrected chi connectivity index (χ1v) is 6.89. The van der Waals surface area contributed by atoms with Crippen LogP contribution in [0.5, 0.6) is 0 Å². The molecule has 1 aromatic carbocycles. The Morgan fingerprint density at radius 3 is 2.41 bits per heavy atom. The van der Waals surface area contributed by atoms with Crippen molar-refractivity contribution in [3.05, 3.63) is 65.1 Å². The molecule has 3 nitrogen and oxygen atoms in total. The van der Waals surface area contributed by atoms with Crippen LogP contribution >= 0.6 is 0 Å². The summed E-state index contributed by atoms with van der Waals surface area (Å²) >= 11 is 0. The first-order valence-electron chi connectivity index (χ1n) is 6.89. The van der Waals surface area contributed by atoms with Crippen molar-refractivity contribution < 1.29 is 13.2 Å². The Balaban J connectivity index is 2.00. The van der Waals surface area contributed by atoms with E-state index < -0.39 is 11.7 Å². The Bertz CT molecular complexity index is 669. The Morgan fingerprint density at radius 2 is 1.82 bits per heavy atom. The fraction of sp³-hybridized carbons (Fsp3) is 0.250. The summed E-state index contributed by atoms with van der Waals surface area (Å²) < 4.78 is 38.0. The summed E-state index contributed by atoms with van der Waals surface area (Å²) in [6, 6.07) is 5.33. The summed E-state index contributed by atoms with van der Waals surface area (Å²) in [5.74, 6) is 0. The molecule has 1 N–H and O–H groups in total. The minimum atomic E-state index is -4.30. The molecule has 2 aliphatic heterocycles. The lowest BCUT2D eigenvalue weighted by Gasteiger charge is -2.27. The van der Waals surface area contributed by atoms with Gasteiger partial charge in [-0.2, -0.15) is 13.2 Å². The van der Waals surface area contributed by atoms with Crippen LogP contribution in [-0.4, -0.2) is 30.7 Å². The molecule has 0 spiro atoms. The molecule has 22 heavy (non-hydrogen) atoms. The SMILES string of the molecule is CNC1=CC2=C(c3ccc(C(F)(F)F)cc3)CN(C)N2C=C1. The summed E-state index contributed by atoms with van der Waals surface area (Å²) in [7, 11) is 3.78. The lowest BCUT2D eigenvalue weighted by Crippen LogP contribution is -2.30. The maximum absolute atomic E-state index is 12.7. The van der Waals surface area contributed by atoms with E-state index in [2.05, 4.69) is 5.32 Å². The fourth-order valence-electron chi connectivity index (χ4n) is 2.66. The van der Waals surface area contributed by atoms with E-state index in [-0.39, 0.29) is 0 Å². The molecule has 3 rings (SSSR count). The van der Waals surface area contributed by atoms with Crippen LogP contribution in [0.4, 0.5) is 13.2 Å². The number of alkyl halides is 3. The summed E-state index contributed by atoms with van der Waals surface area (Å²) in [6.45, 7) is 0.651. The van der Waals surface area contributed by atoms with Crippen LogP contribution in [0, 0.1) is 0 Å². The first kappa shape index (κ1) is 14.7. The normalized spacial score (nSPS) is 18.6. The summed E-state index contributed by atoms with van der Waals surface area (Å²) in [5, 5.41) is 7.09. The van der Waals surface area contributed by atoms with Gasteiger partial charge in [-0.15, -0.1) is 0 Å². The smallest absolute Gasteiger partial charge is 0.388 e. The molecule has 0 aliphatic carbocycles. The largest absolute Gasteiger partial charge is 0.416 e. The summed E-state index contributed by atoms with van der Waals surface area (Å²) in [6.07, 6.45) is 1.59. The number of allylic oxidation sites excluding steroid dienone is 2. The van der Waals surface area contributed by atoms with E-state index in [9.17, 15) is 13.2 Å². The van der Waals surface area contributed by atoms with E-state index in [1.54, 1.807) is 0 Å². The summed E-state index contributed by atoms with van der Waals surface area (Å²) in [4.78, 5) is 0. The van der Waals surface area contributed by atoms with Gasteiger partial charge in [-0.3, -0.25) is 5.01 Å². The topological polar surface area (TPSA) is 18.5 Å². The molecular formula is C16H16F3N3. The molecule has 0 radical (unpaired) electrons. The molecule has 116 valence electrons. The van der Waals surface area contributed by atoms with Gasteiger partial charge in [-0.25, -0.2) is 5.01 Å². The number of likely N-dealkylation sites (N-methyl/N-ethyl adjacent to an activating group) is 2. The van der Waals surface area contributed by atoms with Crippen molar-refractivity contribution in [2.24, 2.45) is 0 Å². The number of rotatable bonds is 2. The van der Waals surface area contributed by atoms with Gasteiger partial charge in [0.15, 0.2) is 0 Å². The predicted octanol–water partition coefficient (Wildman–Crippen LogP) is 3.21. The van der Waals surface area contributed by atoms with E-state index in [0.29, 0.717) is 6.54 Å². The van der Waals surface area contributed by atoms with Crippen LogP contribution in [0.15, 0.2) is 54.0 Å². The lowest BCUT2D eigenvalue weighted by molar-refractivity contribution is -0.137. The van der Waals surface area contributed by atoms with Crippen molar-refractivity contribution in [2.45, 2.75) is 6.18 Å². The Hall–Kier alpha value is -2.21. The Kier molecular flexibility index (Phi) is 3.48. The average molecular weight is 307 g/mol. The van der Waals surface area contributed by atoms with Crippen molar-refractivity contribution in [3.63, 3.8) is 0 Å². The van der Waals surface area contributed by atoms with Gasteiger partial charge in [0.25, 0.3) is 0 Å². The number of hydrogen-bond donors (Lipinski definition) is 1. The van der Waals surface area contributed by atoms with E-state index in [0.717, 1.165) is 34.7 Å². The third kappa shape index (κ3) is 2.50. The van der Waals surface area contributed by atoms with Crippen molar-refractivity contribution in [1.29, 1.82) is 0 Å². The Labute approximate surface area is 127 Å².